The molecule has 0 aromatic heterocycles. The van der Waals surface area contributed by atoms with Crippen LogP contribution in [-0.4, -0.2) is 26.1 Å². The van der Waals surface area contributed by atoms with Gasteiger partial charge in [0, 0.05) is 20.1 Å². The minimum Gasteiger partial charge on any atom is -0.357 e. The van der Waals surface area contributed by atoms with Crippen LogP contribution in [0.15, 0.2) is 4.99 Å². The van der Waals surface area contributed by atoms with Crippen LogP contribution >= 0.6 is 0 Å². The van der Waals surface area contributed by atoms with Gasteiger partial charge < -0.3 is 10.6 Å². The van der Waals surface area contributed by atoms with Crippen molar-refractivity contribution in [1.82, 2.24) is 10.6 Å². The maximum absolute atomic E-state index is 4.10. The predicted octanol–water partition coefficient (Wildman–Crippen LogP) is 0.971. The van der Waals surface area contributed by atoms with E-state index in [9.17, 15) is 0 Å². The van der Waals surface area contributed by atoms with Gasteiger partial charge in [0.2, 0.25) is 0 Å². The highest BCUT2D eigenvalue weighted by atomic mass is 15.2. The maximum atomic E-state index is 4.10. The molecule has 0 aromatic carbocycles. The highest BCUT2D eigenvalue weighted by Gasteiger charge is 2.36. The molecule has 0 aliphatic heterocycles. The molecule has 3 heteroatoms. The summed E-state index contributed by atoms with van der Waals surface area (Å²) in [4.78, 5) is 4.10. The first-order valence-corrected chi connectivity index (χ1v) is 4.65. The van der Waals surface area contributed by atoms with Crippen molar-refractivity contribution >= 4 is 5.96 Å². The van der Waals surface area contributed by atoms with Crippen LogP contribution in [0.1, 0.15) is 26.7 Å². The smallest absolute Gasteiger partial charge is 0.190 e. The number of nitrogens with one attached hydrogen (secondary N) is 2. The Balaban J connectivity index is 2.19. The molecule has 1 fully saturated rings. The fourth-order valence-corrected chi connectivity index (χ4v) is 1.08. The van der Waals surface area contributed by atoms with Crippen molar-refractivity contribution in [2.24, 2.45) is 10.4 Å². The summed E-state index contributed by atoms with van der Waals surface area (Å²) in [5, 5.41) is 6.48. The fraction of sp³-hybridized carbons (Fsp3) is 0.889. The maximum Gasteiger partial charge on any atom is 0.190 e. The van der Waals surface area contributed by atoms with Crippen LogP contribution in [0.3, 0.4) is 0 Å². The molecule has 0 atom stereocenters. The number of hydrogen-bond donors (Lipinski definition) is 2. The summed E-state index contributed by atoms with van der Waals surface area (Å²) in [5.41, 5.74) is 0.547. The Bertz CT molecular complexity index is 171. The summed E-state index contributed by atoms with van der Waals surface area (Å²) in [5.74, 6) is 0.922. The Morgan fingerprint density at radius 3 is 2.50 bits per heavy atom. The summed E-state index contributed by atoms with van der Waals surface area (Å²) in [6, 6.07) is 0. The minimum atomic E-state index is 0.547. The minimum absolute atomic E-state index is 0.547. The topological polar surface area (TPSA) is 36.4 Å². The molecular formula is C9H19N3. The molecule has 0 saturated heterocycles. The second kappa shape index (κ2) is 3.78. The largest absolute Gasteiger partial charge is 0.357 e. The molecule has 0 radical (unpaired) electrons. The van der Waals surface area contributed by atoms with Gasteiger partial charge in [-0.25, -0.2) is 0 Å². The molecule has 0 spiro atoms. The molecule has 1 aliphatic rings. The molecule has 1 rings (SSSR count). The SMILES string of the molecule is CCNC(=NC)NCC1(C)CC1. The van der Waals surface area contributed by atoms with Gasteiger partial charge in [0.1, 0.15) is 0 Å². The Labute approximate surface area is 74.6 Å². The van der Waals surface area contributed by atoms with Crippen molar-refractivity contribution in [2.45, 2.75) is 26.7 Å². The van der Waals surface area contributed by atoms with Gasteiger partial charge in [0.25, 0.3) is 0 Å². The van der Waals surface area contributed by atoms with Crippen molar-refractivity contribution in [1.29, 1.82) is 0 Å². The van der Waals surface area contributed by atoms with Gasteiger partial charge >= 0.3 is 0 Å². The summed E-state index contributed by atoms with van der Waals surface area (Å²) < 4.78 is 0. The van der Waals surface area contributed by atoms with E-state index < -0.39 is 0 Å². The monoisotopic (exact) mass is 169 g/mol. The fourth-order valence-electron chi connectivity index (χ4n) is 1.08. The molecule has 0 aromatic rings. The third-order valence-corrected chi connectivity index (χ3v) is 2.35. The van der Waals surface area contributed by atoms with Crippen LogP contribution in [0.5, 0.6) is 0 Å². The summed E-state index contributed by atoms with van der Waals surface area (Å²) in [6.45, 7) is 6.36. The standard InChI is InChI=1S/C9H19N3/c1-4-11-8(10-3)12-7-9(2)5-6-9/h4-7H2,1-3H3,(H2,10,11,12). The molecule has 1 saturated carbocycles. The van der Waals surface area contributed by atoms with Gasteiger partial charge in [-0.05, 0) is 25.2 Å². The average molecular weight is 169 g/mol. The van der Waals surface area contributed by atoms with E-state index in [0.717, 1.165) is 19.0 Å². The lowest BCUT2D eigenvalue weighted by Gasteiger charge is -2.13. The third-order valence-electron chi connectivity index (χ3n) is 2.35. The van der Waals surface area contributed by atoms with Gasteiger partial charge in [-0.15, -0.1) is 0 Å². The molecule has 3 nitrogen and oxygen atoms in total. The lowest BCUT2D eigenvalue weighted by Crippen LogP contribution is -2.39. The lowest BCUT2D eigenvalue weighted by molar-refractivity contribution is 0.550. The number of aliphatic imine (C=N–C) groups is 1. The van der Waals surface area contributed by atoms with Crippen molar-refractivity contribution in [3.05, 3.63) is 0 Å². The second-order valence-corrected chi connectivity index (χ2v) is 3.77. The Morgan fingerprint density at radius 2 is 2.08 bits per heavy atom. The summed E-state index contributed by atoms with van der Waals surface area (Å²) in [6.07, 6.45) is 2.70. The third kappa shape index (κ3) is 2.72. The van der Waals surface area contributed by atoms with Gasteiger partial charge in [-0.2, -0.15) is 0 Å². The van der Waals surface area contributed by atoms with E-state index in [2.05, 4.69) is 29.5 Å². The van der Waals surface area contributed by atoms with E-state index in [1.807, 2.05) is 0 Å². The van der Waals surface area contributed by atoms with Crippen LogP contribution in [0.2, 0.25) is 0 Å². The zero-order valence-electron chi connectivity index (χ0n) is 8.28. The van der Waals surface area contributed by atoms with E-state index in [-0.39, 0.29) is 0 Å². The van der Waals surface area contributed by atoms with Gasteiger partial charge in [-0.3, -0.25) is 4.99 Å². The van der Waals surface area contributed by atoms with E-state index >= 15 is 0 Å². The molecule has 0 unspecified atom stereocenters. The van der Waals surface area contributed by atoms with Gasteiger partial charge in [-0.1, -0.05) is 6.92 Å². The van der Waals surface area contributed by atoms with Crippen molar-refractivity contribution in [2.75, 3.05) is 20.1 Å². The Kier molecular flexibility index (Phi) is 2.95. The van der Waals surface area contributed by atoms with Crippen molar-refractivity contribution in [3.63, 3.8) is 0 Å². The predicted molar refractivity (Wildman–Crippen MR) is 52.4 cm³/mol. The number of rotatable bonds is 3. The lowest BCUT2D eigenvalue weighted by atomic mass is 10.1. The van der Waals surface area contributed by atoms with E-state index in [1.165, 1.54) is 12.8 Å². The number of hydrogen-bond acceptors (Lipinski definition) is 1. The van der Waals surface area contributed by atoms with Crippen molar-refractivity contribution in [3.8, 4) is 0 Å². The van der Waals surface area contributed by atoms with E-state index in [1.54, 1.807) is 7.05 Å². The molecule has 0 heterocycles. The van der Waals surface area contributed by atoms with Gasteiger partial charge in [0.15, 0.2) is 5.96 Å². The zero-order valence-corrected chi connectivity index (χ0v) is 8.28. The quantitative estimate of drug-likeness (QED) is 0.488. The normalized spacial score (nSPS) is 20.4. The van der Waals surface area contributed by atoms with E-state index in [4.69, 9.17) is 0 Å². The first-order chi connectivity index (χ1) is 5.70. The molecule has 12 heavy (non-hydrogen) atoms. The van der Waals surface area contributed by atoms with Crippen LogP contribution < -0.4 is 10.6 Å². The van der Waals surface area contributed by atoms with Crippen LogP contribution in [0, 0.1) is 5.41 Å². The Morgan fingerprint density at radius 1 is 1.42 bits per heavy atom. The van der Waals surface area contributed by atoms with Crippen LogP contribution in [0.4, 0.5) is 0 Å². The van der Waals surface area contributed by atoms with E-state index in [0.29, 0.717) is 5.41 Å². The highest BCUT2D eigenvalue weighted by molar-refractivity contribution is 5.79. The molecular weight excluding hydrogens is 150 g/mol. The molecule has 0 amide bonds. The highest BCUT2D eigenvalue weighted by Crippen LogP contribution is 2.43. The van der Waals surface area contributed by atoms with Crippen molar-refractivity contribution < 1.29 is 0 Å². The van der Waals surface area contributed by atoms with Gasteiger partial charge in [0.05, 0.1) is 0 Å². The Hall–Kier alpha value is -0.730. The zero-order chi connectivity index (χ0) is 9.03. The summed E-state index contributed by atoms with van der Waals surface area (Å²) >= 11 is 0. The average Bonchev–Trinajstić information content (AvgIpc) is 2.78. The summed E-state index contributed by atoms with van der Waals surface area (Å²) in [7, 11) is 1.81. The first kappa shape index (κ1) is 9.36. The molecule has 2 N–H and O–H groups in total. The van der Waals surface area contributed by atoms with Crippen LogP contribution in [-0.2, 0) is 0 Å². The molecule has 70 valence electrons. The first-order valence-electron chi connectivity index (χ1n) is 4.65. The van der Waals surface area contributed by atoms with Crippen LogP contribution in [0.25, 0.3) is 0 Å². The molecule has 0 bridgehead atoms. The molecule has 1 aliphatic carbocycles. The second-order valence-electron chi connectivity index (χ2n) is 3.77. The number of nitrogens with zero attached hydrogens (tertiary/aromatic N) is 1. The number of guanidine groups is 1.